The highest BCUT2D eigenvalue weighted by Gasteiger charge is 2.08. The van der Waals surface area contributed by atoms with Crippen LogP contribution >= 0.6 is 34.0 Å². The maximum atomic E-state index is 2.21. The zero-order chi connectivity index (χ0) is 26.7. The van der Waals surface area contributed by atoms with E-state index < -0.39 is 0 Å². The lowest BCUT2D eigenvalue weighted by Gasteiger charge is -2.10. The van der Waals surface area contributed by atoms with Gasteiger partial charge in [-0.1, -0.05) is 170 Å². The molecule has 0 N–H and O–H groups in total. The van der Waals surface area contributed by atoms with Crippen LogP contribution in [0.4, 0.5) is 0 Å². The lowest BCUT2D eigenvalue weighted by molar-refractivity contribution is 1.68. The molecule has 8 aromatic rings. The van der Waals surface area contributed by atoms with E-state index in [1.807, 2.05) is 0 Å². The molecule has 42 heavy (non-hydrogen) atoms. The van der Waals surface area contributed by atoms with Gasteiger partial charge in [0.25, 0.3) is 0 Å². The number of fused-ring (bicyclic) bond motifs is 4. The van der Waals surface area contributed by atoms with Gasteiger partial charge >= 0.3 is 0 Å². The predicted octanol–water partition coefficient (Wildman–Crippen LogP) is 12.5. The van der Waals surface area contributed by atoms with Crippen LogP contribution in [0.3, 0.4) is 0 Å². The van der Waals surface area contributed by atoms with Crippen LogP contribution in [-0.4, -0.2) is 0 Å². The fraction of sp³-hybridized carbons (Fsp3) is 0. The van der Waals surface area contributed by atoms with E-state index in [2.05, 4.69) is 170 Å². The van der Waals surface area contributed by atoms with Gasteiger partial charge in [-0.3, -0.25) is 0 Å². The lowest BCUT2D eigenvalue weighted by Crippen LogP contribution is -1.83. The van der Waals surface area contributed by atoms with Gasteiger partial charge in [0.05, 0.1) is 0 Å². The number of hydrogen-bond donors (Lipinski definition) is 0. The highest BCUT2D eigenvalue weighted by atomic mass is 79.9. The van der Waals surface area contributed by atoms with Crippen molar-refractivity contribution in [2.75, 3.05) is 0 Å². The van der Waals surface area contributed by atoms with E-state index in [4.69, 9.17) is 0 Å². The van der Waals surface area contributed by atoms with E-state index >= 15 is 0 Å². The van der Waals surface area contributed by atoms with Crippen molar-refractivity contribution < 1.29 is 0 Å². The van der Waals surface area contributed by atoms with Crippen molar-refractivity contribution in [1.82, 2.24) is 0 Å². The predicted molar refractivity (Wildman–Crippen MR) is 194 cm³/mol. The van der Waals surface area contributed by atoms with Gasteiger partial charge in [0.2, 0.25) is 0 Å². The van der Waals surface area contributed by atoms with E-state index in [0.29, 0.717) is 0 Å². The highest BCUT2D eigenvalue weighted by Crippen LogP contribution is 2.35. The monoisotopic (exact) mass is 668 g/mol. The van der Waals surface area contributed by atoms with Crippen LogP contribution in [0, 0.1) is 0 Å². The Kier molecular flexibility index (Phi) is 9.17. The van der Waals surface area contributed by atoms with Crippen molar-refractivity contribution in [2.45, 2.75) is 0 Å². The number of benzene rings is 8. The molecule has 0 bridgehead atoms. The Labute approximate surface area is 267 Å². The summed E-state index contributed by atoms with van der Waals surface area (Å²) in [6.45, 7) is 0. The van der Waals surface area contributed by atoms with Gasteiger partial charge < -0.3 is 0 Å². The molecule has 8 rings (SSSR count). The smallest absolute Gasteiger partial charge is 0.00992 e. The molecular weight excluding hydrogens is 640 g/mol. The molecule has 0 aliphatic rings. The highest BCUT2D eigenvalue weighted by molar-refractivity contribution is 8.93. The summed E-state index contributed by atoms with van der Waals surface area (Å²) in [7, 11) is 0. The Morgan fingerprint density at radius 1 is 0.190 bits per heavy atom. The summed E-state index contributed by atoms with van der Waals surface area (Å²) < 4.78 is 0. The molecule has 2 heteroatoms. The Morgan fingerprint density at radius 2 is 0.381 bits per heavy atom. The number of rotatable bonds is 2. The molecule has 0 aromatic heterocycles. The van der Waals surface area contributed by atoms with E-state index in [1.165, 1.54) is 65.3 Å². The molecule has 0 spiro atoms. The Morgan fingerprint density at radius 3 is 0.619 bits per heavy atom. The first-order valence-electron chi connectivity index (χ1n) is 13.8. The molecule has 0 heterocycles. The summed E-state index contributed by atoms with van der Waals surface area (Å²) in [5, 5.41) is 10.4. The summed E-state index contributed by atoms with van der Waals surface area (Å²) in [6, 6.07) is 60.4. The quantitative estimate of drug-likeness (QED) is 0.172. The number of hydrogen-bond acceptors (Lipinski definition) is 0. The molecule has 204 valence electrons. The topological polar surface area (TPSA) is 0 Å². The minimum atomic E-state index is 0. The van der Waals surface area contributed by atoms with Crippen LogP contribution in [0.1, 0.15) is 0 Å². The SMILES string of the molecule is Br.Br.c1ccc2c(-c3cccc4ccccc34)cccc2c1.c1ccc2c(-c3cccc4ccccc34)cccc2c1. The summed E-state index contributed by atoms with van der Waals surface area (Å²) >= 11 is 0. The summed E-state index contributed by atoms with van der Waals surface area (Å²) in [5.41, 5.74) is 5.22. The molecule has 0 amide bonds. The summed E-state index contributed by atoms with van der Waals surface area (Å²) in [5.74, 6) is 0. The zero-order valence-electron chi connectivity index (χ0n) is 23.0. The molecule has 0 nitrogen and oxygen atoms in total. The first-order chi connectivity index (χ1) is 19.9. The van der Waals surface area contributed by atoms with Crippen LogP contribution in [-0.2, 0) is 0 Å². The Balaban J connectivity index is 0.000000160. The molecule has 0 saturated carbocycles. The minimum absolute atomic E-state index is 0. The fourth-order valence-corrected chi connectivity index (χ4v) is 5.84. The second kappa shape index (κ2) is 13.2. The van der Waals surface area contributed by atoms with Gasteiger partial charge in [-0.05, 0) is 65.3 Å². The second-order valence-electron chi connectivity index (χ2n) is 10.1. The molecular formula is C40H30Br2. The molecule has 8 aromatic carbocycles. The third-order valence-corrected chi connectivity index (χ3v) is 7.74. The maximum absolute atomic E-state index is 2.21. The molecule has 0 radical (unpaired) electrons. The van der Waals surface area contributed by atoms with Crippen LogP contribution in [0.5, 0.6) is 0 Å². The molecule has 0 aliphatic heterocycles. The van der Waals surface area contributed by atoms with Gasteiger partial charge in [0.1, 0.15) is 0 Å². The normalized spacial score (nSPS) is 10.5. The van der Waals surface area contributed by atoms with E-state index in [9.17, 15) is 0 Å². The van der Waals surface area contributed by atoms with Crippen LogP contribution < -0.4 is 0 Å². The average Bonchev–Trinajstić information content (AvgIpc) is 3.04. The van der Waals surface area contributed by atoms with E-state index in [-0.39, 0.29) is 34.0 Å². The first-order valence-corrected chi connectivity index (χ1v) is 13.8. The molecule has 0 atom stereocenters. The van der Waals surface area contributed by atoms with Gasteiger partial charge in [0, 0.05) is 0 Å². The van der Waals surface area contributed by atoms with Gasteiger partial charge in [-0.25, -0.2) is 0 Å². The third-order valence-electron chi connectivity index (χ3n) is 7.74. The van der Waals surface area contributed by atoms with Crippen LogP contribution in [0.15, 0.2) is 170 Å². The van der Waals surface area contributed by atoms with Crippen molar-refractivity contribution in [2.24, 2.45) is 0 Å². The summed E-state index contributed by atoms with van der Waals surface area (Å²) in [6.07, 6.45) is 0. The summed E-state index contributed by atoms with van der Waals surface area (Å²) in [4.78, 5) is 0. The zero-order valence-corrected chi connectivity index (χ0v) is 26.4. The number of halogens is 2. The standard InChI is InChI=1S/2C20H14.2BrH/c2*1-3-11-17-15(7-1)9-5-13-19(17)20-14-6-10-16-8-2-4-12-18(16)20;;/h2*1-14H;2*1H. The second-order valence-corrected chi connectivity index (χ2v) is 10.1. The maximum Gasteiger partial charge on any atom is -0.00992 e. The molecule has 0 saturated heterocycles. The lowest BCUT2D eigenvalue weighted by atomic mass is 9.94. The fourth-order valence-electron chi connectivity index (χ4n) is 5.84. The van der Waals surface area contributed by atoms with Crippen LogP contribution in [0.2, 0.25) is 0 Å². The Hall–Kier alpha value is -4.24. The van der Waals surface area contributed by atoms with Crippen LogP contribution in [0.25, 0.3) is 65.3 Å². The molecule has 0 aliphatic carbocycles. The Bertz CT molecular complexity index is 1800. The minimum Gasteiger partial charge on any atom is -0.114 e. The average molecular weight is 670 g/mol. The van der Waals surface area contributed by atoms with Gasteiger partial charge in [-0.2, -0.15) is 0 Å². The van der Waals surface area contributed by atoms with Crippen molar-refractivity contribution >= 4 is 77.1 Å². The third kappa shape index (κ3) is 5.61. The van der Waals surface area contributed by atoms with Gasteiger partial charge in [0.15, 0.2) is 0 Å². The van der Waals surface area contributed by atoms with E-state index in [0.717, 1.165) is 0 Å². The van der Waals surface area contributed by atoms with Crippen molar-refractivity contribution in [3.05, 3.63) is 170 Å². The van der Waals surface area contributed by atoms with Crippen molar-refractivity contribution in [3.8, 4) is 22.3 Å². The van der Waals surface area contributed by atoms with Crippen molar-refractivity contribution in [1.29, 1.82) is 0 Å². The van der Waals surface area contributed by atoms with E-state index in [1.54, 1.807) is 0 Å². The van der Waals surface area contributed by atoms with Crippen molar-refractivity contribution in [3.63, 3.8) is 0 Å². The largest absolute Gasteiger partial charge is 0.114 e. The first kappa shape index (κ1) is 29.3. The van der Waals surface area contributed by atoms with Gasteiger partial charge in [-0.15, -0.1) is 34.0 Å². The molecule has 0 fully saturated rings. The molecule has 0 unspecified atom stereocenters.